The van der Waals surface area contributed by atoms with E-state index in [-0.39, 0.29) is 5.91 Å². The van der Waals surface area contributed by atoms with Crippen molar-refractivity contribution in [3.63, 3.8) is 0 Å². The number of hydrogen-bond donors (Lipinski definition) is 2. The van der Waals surface area contributed by atoms with Crippen LogP contribution in [0.1, 0.15) is 16.1 Å². The number of fused-ring (bicyclic) bond motifs is 1. The largest absolute Gasteiger partial charge is 0.347 e. The second kappa shape index (κ2) is 6.01. The Morgan fingerprint density at radius 3 is 2.95 bits per heavy atom. The number of carbonyl (C=O) groups excluding carboxylic acids is 1. The number of H-pyrrole nitrogens is 1. The summed E-state index contributed by atoms with van der Waals surface area (Å²) in [4.78, 5) is 13.4. The molecule has 21 heavy (non-hydrogen) atoms. The van der Waals surface area contributed by atoms with Crippen LogP contribution >= 0.6 is 11.8 Å². The van der Waals surface area contributed by atoms with E-state index < -0.39 is 0 Å². The maximum absolute atomic E-state index is 12.2. The normalized spacial score (nSPS) is 10.7. The zero-order chi connectivity index (χ0) is 14.7. The van der Waals surface area contributed by atoms with Crippen LogP contribution in [-0.4, -0.2) is 22.4 Å². The number of carbonyl (C=O) groups is 1. The fourth-order valence-corrected chi connectivity index (χ4v) is 2.67. The van der Waals surface area contributed by atoms with Crippen molar-refractivity contribution in [1.29, 1.82) is 0 Å². The van der Waals surface area contributed by atoms with Gasteiger partial charge >= 0.3 is 0 Å². The number of thioether (sulfide) groups is 1. The summed E-state index contributed by atoms with van der Waals surface area (Å²) in [7, 11) is 0. The summed E-state index contributed by atoms with van der Waals surface area (Å²) in [6.07, 6.45) is 2.04. The first-order valence-electron chi connectivity index (χ1n) is 6.62. The van der Waals surface area contributed by atoms with Gasteiger partial charge in [0.2, 0.25) is 0 Å². The molecule has 0 radical (unpaired) electrons. The number of aromatic amines is 1. The van der Waals surface area contributed by atoms with E-state index >= 15 is 0 Å². The second-order valence-electron chi connectivity index (χ2n) is 4.65. The Kier molecular flexibility index (Phi) is 3.92. The van der Waals surface area contributed by atoms with E-state index in [0.29, 0.717) is 12.2 Å². The van der Waals surface area contributed by atoms with Crippen LogP contribution in [-0.2, 0) is 6.54 Å². The van der Waals surface area contributed by atoms with Crippen LogP contribution < -0.4 is 5.32 Å². The van der Waals surface area contributed by atoms with Gasteiger partial charge < -0.3 is 5.32 Å². The van der Waals surface area contributed by atoms with Gasteiger partial charge in [0, 0.05) is 16.8 Å². The molecule has 0 unspecified atom stereocenters. The minimum atomic E-state index is -0.165. The molecule has 3 rings (SSSR count). The highest BCUT2D eigenvalue weighted by atomic mass is 32.2. The number of aromatic nitrogens is 2. The quantitative estimate of drug-likeness (QED) is 0.727. The van der Waals surface area contributed by atoms with Crippen LogP contribution in [0, 0.1) is 0 Å². The third-order valence-electron chi connectivity index (χ3n) is 3.27. The van der Waals surface area contributed by atoms with E-state index in [2.05, 4.69) is 27.6 Å². The average Bonchev–Trinajstić information content (AvgIpc) is 2.97. The van der Waals surface area contributed by atoms with Crippen molar-refractivity contribution in [3.8, 4) is 0 Å². The van der Waals surface area contributed by atoms with Crippen LogP contribution in [0.25, 0.3) is 10.9 Å². The van der Waals surface area contributed by atoms with E-state index in [4.69, 9.17) is 0 Å². The molecule has 3 aromatic rings. The molecule has 1 aromatic heterocycles. The molecule has 0 atom stereocenters. The van der Waals surface area contributed by atoms with Crippen LogP contribution in [0.15, 0.2) is 53.4 Å². The molecule has 1 heterocycles. The molecular weight excluding hydrogens is 282 g/mol. The Morgan fingerprint density at radius 2 is 2.10 bits per heavy atom. The van der Waals surface area contributed by atoms with E-state index in [1.807, 2.05) is 42.7 Å². The van der Waals surface area contributed by atoms with Crippen LogP contribution in [0.2, 0.25) is 0 Å². The maximum atomic E-state index is 12.2. The number of nitrogens with one attached hydrogen (secondary N) is 2. The summed E-state index contributed by atoms with van der Waals surface area (Å²) in [5, 5.41) is 10.7. The fraction of sp³-hybridized carbons (Fsp3) is 0.125. The molecule has 1 amide bonds. The zero-order valence-electron chi connectivity index (χ0n) is 11.6. The summed E-state index contributed by atoms with van der Waals surface area (Å²) >= 11 is 1.69. The summed E-state index contributed by atoms with van der Waals surface area (Å²) in [6.45, 7) is 0.494. The first-order valence-corrected chi connectivity index (χ1v) is 7.84. The van der Waals surface area contributed by atoms with Crippen molar-refractivity contribution in [2.45, 2.75) is 11.4 Å². The van der Waals surface area contributed by atoms with Crippen molar-refractivity contribution < 1.29 is 4.79 Å². The minimum absolute atomic E-state index is 0.165. The molecule has 4 nitrogen and oxygen atoms in total. The van der Waals surface area contributed by atoms with Crippen molar-refractivity contribution in [2.24, 2.45) is 0 Å². The van der Waals surface area contributed by atoms with E-state index in [0.717, 1.165) is 16.5 Å². The van der Waals surface area contributed by atoms with E-state index in [9.17, 15) is 4.79 Å². The van der Waals surface area contributed by atoms with Crippen molar-refractivity contribution in [1.82, 2.24) is 15.5 Å². The van der Waals surface area contributed by atoms with Gasteiger partial charge in [0.25, 0.3) is 5.91 Å². The molecule has 2 aromatic carbocycles. The van der Waals surface area contributed by atoms with Gasteiger partial charge in [0.15, 0.2) is 5.69 Å². The van der Waals surface area contributed by atoms with Crippen LogP contribution in [0.3, 0.4) is 0 Å². The number of para-hydroxylation sites is 1. The van der Waals surface area contributed by atoms with E-state index in [1.165, 1.54) is 4.90 Å². The Hall–Kier alpha value is -2.27. The highest BCUT2D eigenvalue weighted by Gasteiger charge is 2.13. The Balaban J connectivity index is 1.74. The summed E-state index contributed by atoms with van der Waals surface area (Å²) < 4.78 is 0. The zero-order valence-corrected chi connectivity index (χ0v) is 12.4. The number of benzene rings is 2. The highest BCUT2D eigenvalue weighted by molar-refractivity contribution is 7.98. The summed E-state index contributed by atoms with van der Waals surface area (Å²) in [5.74, 6) is -0.165. The summed E-state index contributed by atoms with van der Waals surface area (Å²) in [6, 6.07) is 15.7. The fourth-order valence-electron chi connectivity index (χ4n) is 2.19. The first-order chi connectivity index (χ1) is 10.3. The number of nitrogens with zero attached hydrogens (tertiary/aromatic N) is 1. The molecule has 0 bridgehead atoms. The van der Waals surface area contributed by atoms with Crippen molar-refractivity contribution >= 4 is 28.6 Å². The van der Waals surface area contributed by atoms with Crippen molar-refractivity contribution in [3.05, 3.63) is 59.8 Å². The van der Waals surface area contributed by atoms with Gasteiger partial charge in [0.05, 0.1) is 5.52 Å². The van der Waals surface area contributed by atoms with Gasteiger partial charge in [-0.2, -0.15) is 5.10 Å². The first kappa shape index (κ1) is 13.7. The molecule has 0 aliphatic rings. The lowest BCUT2D eigenvalue weighted by molar-refractivity contribution is 0.0947. The molecule has 106 valence electrons. The minimum Gasteiger partial charge on any atom is -0.347 e. The lowest BCUT2D eigenvalue weighted by atomic mass is 10.2. The average molecular weight is 297 g/mol. The van der Waals surface area contributed by atoms with E-state index in [1.54, 1.807) is 11.8 Å². The topological polar surface area (TPSA) is 57.8 Å². The standard InChI is InChI=1S/C16H15N3OS/c1-21-12-6-4-5-11(9-12)10-17-16(20)15-13-7-2-3-8-14(13)18-19-15/h2-9H,10H2,1H3,(H,17,20)(H,18,19). The van der Waals surface area contributed by atoms with Gasteiger partial charge in [-0.15, -0.1) is 11.8 Å². The number of rotatable bonds is 4. The highest BCUT2D eigenvalue weighted by Crippen LogP contribution is 2.17. The SMILES string of the molecule is CSc1cccc(CNC(=O)c2n[nH]c3ccccc23)c1. The van der Waals surface area contributed by atoms with Gasteiger partial charge in [-0.25, -0.2) is 0 Å². The van der Waals surface area contributed by atoms with Gasteiger partial charge in [-0.05, 0) is 30.0 Å². The molecule has 0 spiro atoms. The van der Waals surface area contributed by atoms with Crippen LogP contribution in [0.5, 0.6) is 0 Å². The Labute approximate surface area is 126 Å². The molecule has 0 aliphatic carbocycles. The third-order valence-corrected chi connectivity index (χ3v) is 4.00. The van der Waals surface area contributed by atoms with Crippen molar-refractivity contribution in [2.75, 3.05) is 6.26 Å². The third kappa shape index (κ3) is 2.92. The maximum Gasteiger partial charge on any atom is 0.272 e. The number of amides is 1. The van der Waals surface area contributed by atoms with Gasteiger partial charge in [-0.3, -0.25) is 9.89 Å². The van der Waals surface area contributed by atoms with Crippen LogP contribution in [0.4, 0.5) is 0 Å². The molecule has 2 N–H and O–H groups in total. The predicted octanol–water partition coefficient (Wildman–Crippen LogP) is 3.21. The molecule has 5 heteroatoms. The summed E-state index contributed by atoms with van der Waals surface area (Å²) in [5.41, 5.74) is 2.38. The monoisotopic (exact) mass is 297 g/mol. The Morgan fingerprint density at radius 1 is 1.24 bits per heavy atom. The molecule has 0 saturated carbocycles. The smallest absolute Gasteiger partial charge is 0.272 e. The molecule has 0 fully saturated rings. The number of hydrogen-bond acceptors (Lipinski definition) is 3. The second-order valence-corrected chi connectivity index (χ2v) is 5.53. The molecule has 0 aliphatic heterocycles. The van der Waals surface area contributed by atoms with Gasteiger partial charge in [0.1, 0.15) is 0 Å². The molecular formula is C16H15N3OS. The lowest BCUT2D eigenvalue weighted by Gasteiger charge is -2.05. The lowest BCUT2D eigenvalue weighted by Crippen LogP contribution is -2.23. The predicted molar refractivity (Wildman–Crippen MR) is 85.5 cm³/mol. The van der Waals surface area contributed by atoms with Gasteiger partial charge in [-0.1, -0.05) is 30.3 Å². The molecule has 0 saturated heterocycles. The Bertz CT molecular complexity index is 782.